The van der Waals surface area contributed by atoms with Crippen molar-refractivity contribution in [3.63, 3.8) is 0 Å². The van der Waals surface area contributed by atoms with Gasteiger partial charge in [0.05, 0.1) is 0 Å². The lowest BCUT2D eigenvalue weighted by molar-refractivity contribution is 0.532. The second kappa shape index (κ2) is 4.12. The molecule has 0 saturated heterocycles. The molecule has 0 spiro atoms. The molecule has 0 atom stereocenters. The zero-order valence-electron chi connectivity index (χ0n) is 10.0. The van der Waals surface area contributed by atoms with E-state index in [4.69, 9.17) is 0 Å². The Labute approximate surface area is 95.0 Å². The molecule has 0 aliphatic rings. The average molecular weight is 220 g/mol. The van der Waals surface area contributed by atoms with Crippen molar-refractivity contribution in [2.75, 3.05) is 0 Å². The van der Waals surface area contributed by atoms with E-state index >= 15 is 0 Å². The zero-order valence-corrected chi connectivity index (χ0v) is 10.0. The highest BCUT2D eigenvalue weighted by Crippen LogP contribution is 2.30. The minimum absolute atomic E-state index is 0.783. The first-order valence-corrected chi connectivity index (χ1v) is 5.13. The second-order valence-corrected chi connectivity index (χ2v) is 4.88. The Kier molecular flexibility index (Phi) is 3.21. The standard InChI is InChI=1S/C12H16N2O2/c1-11(2,13-15)9-6-5-7-10(8-9)12(3,4)14-16/h5-8H,1-4H3. The van der Waals surface area contributed by atoms with Gasteiger partial charge in [0.15, 0.2) is 0 Å². The molecule has 0 aromatic heterocycles. The van der Waals surface area contributed by atoms with E-state index in [1.54, 1.807) is 27.7 Å². The fourth-order valence-electron chi connectivity index (χ4n) is 1.39. The minimum Gasteiger partial charge on any atom is -0.150 e. The summed E-state index contributed by atoms with van der Waals surface area (Å²) in [7, 11) is 0. The van der Waals surface area contributed by atoms with E-state index in [0.717, 1.165) is 11.1 Å². The Morgan fingerprint density at radius 3 is 1.56 bits per heavy atom. The van der Waals surface area contributed by atoms with Crippen LogP contribution in [0, 0.1) is 9.81 Å². The van der Waals surface area contributed by atoms with Crippen molar-refractivity contribution in [3.8, 4) is 0 Å². The molecule has 0 aliphatic carbocycles. The molecule has 0 N–H and O–H groups in total. The number of benzene rings is 1. The van der Waals surface area contributed by atoms with E-state index in [0.29, 0.717) is 0 Å². The molecule has 0 aliphatic heterocycles. The predicted molar refractivity (Wildman–Crippen MR) is 64.1 cm³/mol. The number of rotatable bonds is 4. The van der Waals surface area contributed by atoms with Crippen molar-refractivity contribution < 1.29 is 0 Å². The SMILES string of the molecule is CC(C)(N=O)c1cccc(C(C)(C)N=O)c1. The minimum atomic E-state index is -0.783. The summed E-state index contributed by atoms with van der Waals surface area (Å²) in [5, 5.41) is 6.16. The predicted octanol–water partition coefficient (Wildman–Crippen LogP) is 3.69. The van der Waals surface area contributed by atoms with Gasteiger partial charge in [-0.3, -0.25) is 0 Å². The van der Waals surface area contributed by atoms with Crippen molar-refractivity contribution in [2.45, 2.75) is 38.8 Å². The Bertz CT molecular complexity index is 376. The van der Waals surface area contributed by atoms with Crippen LogP contribution < -0.4 is 0 Å². The molecule has 4 nitrogen and oxygen atoms in total. The summed E-state index contributed by atoms with van der Waals surface area (Å²) in [6.45, 7) is 6.95. The molecule has 1 aromatic carbocycles. The van der Waals surface area contributed by atoms with Gasteiger partial charge in [-0.05, 0) is 38.8 Å². The maximum atomic E-state index is 10.7. The molecule has 86 valence electrons. The van der Waals surface area contributed by atoms with Crippen molar-refractivity contribution in [1.82, 2.24) is 0 Å². The molecule has 4 heteroatoms. The zero-order chi connectivity index (χ0) is 12.4. The van der Waals surface area contributed by atoms with E-state index in [9.17, 15) is 9.81 Å². The van der Waals surface area contributed by atoms with Gasteiger partial charge in [0.1, 0.15) is 11.1 Å². The second-order valence-electron chi connectivity index (χ2n) is 4.88. The highest BCUT2D eigenvalue weighted by atomic mass is 16.3. The molecule has 0 heterocycles. The van der Waals surface area contributed by atoms with Gasteiger partial charge < -0.3 is 0 Å². The van der Waals surface area contributed by atoms with E-state index < -0.39 is 11.1 Å². The molecular formula is C12H16N2O2. The first kappa shape index (κ1) is 12.5. The van der Waals surface area contributed by atoms with Crippen LogP contribution in [0.15, 0.2) is 34.6 Å². The Morgan fingerprint density at radius 1 is 0.875 bits per heavy atom. The average Bonchev–Trinajstić information content (AvgIpc) is 2.29. The molecule has 1 aromatic rings. The Hall–Kier alpha value is -1.58. The van der Waals surface area contributed by atoms with Crippen molar-refractivity contribution in [3.05, 3.63) is 45.2 Å². The topological polar surface area (TPSA) is 58.9 Å². The van der Waals surface area contributed by atoms with Crippen LogP contribution in [0.2, 0.25) is 0 Å². The molecule has 0 radical (unpaired) electrons. The van der Waals surface area contributed by atoms with Crippen molar-refractivity contribution in [1.29, 1.82) is 0 Å². The van der Waals surface area contributed by atoms with Gasteiger partial charge in [0.2, 0.25) is 0 Å². The van der Waals surface area contributed by atoms with Gasteiger partial charge in [0, 0.05) is 0 Å². The van der Waals surface area contributed by atoms with Crippen LogP contribution in [0.3, 0.4) is 0 Å². The number of hydrogen-bond acceptors (Lipinski definition) is 4. The van der Waals surface area contributed by atoms with E-state index in [1.807, 2.05) is 24.3 Å². The molecule has 16 heavy (non-hydrogen) atoms. The molecule has 0 amide bonds. The summed E-state index contributed by atoms with van der Waals surface area (Å²) >= 11 is 0. The van der Waals surface area contributed by atoms with E-state index in [2.05, 4.69) is 10.4 Å². The summed E-state index contributed by atoms with van der Waals surface area (Å²) in [5.74, 6) is 0. The van der Waals surface area contributed by atoms with Crippen LogP contribution in [-0.2, 0) is 11.1 Å². The molecule has 1 rings (SSSR count). The van der Waals surface area contributed by atoms with Crippen LogP contribution in [0.5, 0.6) is 0 Å². The van der Waals surface area contributed by atoms with Crippen LogP contribution >= 0.6 is 0 Å². The van der Waals surface area contributed by atoms with Gasteiger partial charge in [-0.2, -0.15) is 0 Å². The Morgan fingerprint density at radius 2 is 1.25 bits per heavy atom. The molecule has 0 fully saturated rings. The van der Waals surface area contributed by atoms with E-state index in [1.165, 1.54) is 0 Å². The maximum Gasteiger partial charge on any atom is 0.122 e. The van der Waals surface area contributed by atoms with Crippen molar-refractivity contribution in [2.24, 2.45) is 10.4 Å². The lowest BCUT2D eigenvalue weighted by Gasteiger charge is -2.20. The largest absolute Gasteiger partial charge is 0.150 e. The van der Waals surface area contributed by atoms with Crippen molar-refractivity contribution >= 4 is 0 Å². The highest BCUT2D eigenvalue weighted by Gasteiger charge is 2.26. The third-order valence-electron chi connectivity index (χ3n) is 2.73. The van der Waals surface area contributed by atoms with Gasteiger partial charge in [0.25, 0.3) is 0 Å². The number of hydrogen-bond donors (Lipinski definition) is 0. The molecule has 0 bridgehead atoms. The lowest BCUT2D eigenvalue weighted by atomic mass is 9.88. The molecular weight excluding hydrogens is 204 g/mol. The number of nitrogens with zero attached hydrogens (tertiary/aromatic N) is 2. The fraction of sp³-hybridized carbons (Fsp3) is 0.500. The first-order valence-electron chi connectivity index (χ1n) is 5.13. The van der Waals surface area contributed by atoms with Crippen LogP contribution in [-0.4, -0.2) is 0 Å². The summed E-state index contributed by atoms with van der Waals surface area (Å²) in [6.07, 6.45) is 0. The van der Waals surface area contributed by atoms with E-state index in [-0.39, 0.29) is 0 Å². The fourth-order valence-corrected chi connectivity index (χ4v) is 1.39. The van der Waals surface area contributed by atoms with Gasteiger partial charge in [-0.15, -0.1) is 9.81 Å². The summed E-state index contributed by atoms with van der Waals surface area (Å²) in [4.78, 5) is 21.4. The lowest BCUT2D eigenvalue weighted by Crippen LogP contribution is -2.17. The van der Waals surface area contributed by atoms with Gasteiger partial charge >= 0.3 is 0 Å². The quantitative estimate of drug-likeness (QED) is 0.726. The first-order chi connectivity index (χ1) is 7.33. The third kappa shape index (κ3) is 2.32. The monoisotopic (exact) mass is 220 g/mol. The summed E-state index contributed by atoms with van der Waals surface area (Å²) in [5.41, 5.74) is 0.0117. The maximum absolute atomic E-state index is 10.7. The molecule has 0 saturated carbocycles. The number of nitroso groups, excluding NO2 is 2. The van der Waals surface area contributed by atoms with Crippen LogP contribution in [0.25, 0.3) is 0 Å². The Balaban J connectivity index is 3.24. The normalized spacial score (nSPS) is 12.2. The van der Waals surface area contributed by atoms with Crippen LogP contribution in [0.1, 0.15) is 38.8 Å². The highest BCUT2D eigenvalue weighted by molar-refractivity contribution is 5.32. The van der Waals surface area contributed by atoms with Gasteiger partial charge in [-0.1, -0.05) is 34.6 Å². The smallest absolute Gasteiger partial charge is 0.122 e. The third-order valence-corrected chi connectivity index (χ3v) is 2.73. The van der Waals surface area contributed by atoms with Gasteiger partial charge in [-0.25, -0.2) is 0 Å². The summed E-state index contributed by atoms with van der Waals surface area (Å²) < 4.78 is 0. The summed E-state index contributed by atoms with van der Waals surface area (Å²) in [6, 6.07) is 7.27. The van der Waals surface area contributed by atoms with Crippen LogP contribution in [0.4, 0.5) is 0 Å². The molecule has 0 unspecified atom stereocenters.